The van der Waals surface area contributed by atoms with E-state index < -0.39 is 23.5 Å². The van der Waals surface area contributed by atoms with Crippen LogP contribution in [0.2, 0.25) is 0 Å². The lowest BCUT2D eigenvalue weighted by Crippen LogP contribution is -2.70. The lowest BCUT2D eigenvalue weighted by molar-refractivity contribution is -0.154. The summed E-state index contributed by atoms with van der Waals surface area (Å²) in [5, 5.41) is 4.47. The number of fused-ring (bicyclic) bond motifs is 1. The summed E-state index contributed by atoms with van der Waals surface area (Å²) in [6.07, 6.45) is 4.98. The van der Waals surface area contributed by atoms with Crippen molar-refractivity contribution in [2.45, 2.75) is 23.9 Å². The van der Waals surface area contributed by atoms with Crippen molar-refractivity contribution in [3.05, 3.63) is 154 Å². The fourth-order valence-corrected chi connectivity index (χ4v) is 7.55. The van der Waals surface area contributed by atoms with E-state index in [1.54, 1.807) is 24.2 Å². The Morgan fingerprint density at radius 3 is 2.27 bits per heavy atom. The van der Waals surface area contributed by atoms with E-state index in [1.165, 1.54) is 16.7 Å². The summed E-state index contributed by atoms with van der Waals surface area (Å²) in [5.74, 6) is -0.0870. The van der Waals surface area contributed by atoms with Gasteiger partial charge >= 0.3 is 5.97 Å². The van der Waals surface area contributed by atoms with E-state index in [2.05, 4.69) is 10.3 Å². The molecule has 1 saturated heterocycles. The second kappa shape index (κ2) is 14.5. The van der Waals surface area contributed by atoms with Crippen LogP contribution < -0.4 is 5.32 Å². The van der Waals surface area contributed by atoms with Gasteiger partial charge in [0.15, 0.2) is 6.10 Å². The van der Waals surface area contributed by atoms with Gasteiger partial charge in [-0.05, 0) is 45.4 Å². The van der Waals surface area contributed by atoms with Gasteiger partial charge in [-0.2, -0.15) is 0 Å². The number of benzene rings is 3. The molecule has 2 aliphatic heterocycles. The van der Waals surface area contributed by atoms with Crippen LogP contribution in [0.3, 0.4) is 0 Å². The predicted octanol–water partition coefficient (Wildman–Crippen LogP) is 6.02. The molecule has 0 radical (unpaired) electrons. The molecule has 1 aromatic heterocycles. The summed E-state index contributed by atoms with van der Waals surface area (Å²) >= 11 is 3.08. The van der Waals surface area contributed by atoms with E-state index in [0.29, 0.717) is 11.5 Å². The van der Waals surface area contributed by atoms with Crippen molar-refractivity contribution in [2.24, 2.45) is 0 Å². The molecule has 6 rings (SSSR count). The van der Waals surface area contributed by atoms with Crippen LogP contribution in [0.25, 0.3) is 6.08 Å². The number of esters is 1. The third kappa shape index (κ3) is 7.21. The molecule has 7 nitrogen and oxygen atoms in total. The molecule has 226 valence electrons. The summed E-state index contributed by atoms with van der Waals surface area (Å²) in [6, 6.07) is 31.7. The van der Waals surface area contributed by atoms with E-state index in [1.807, 2.05) is 115 Å². The Bertz CT molecular complexity index is 1660. The van der Waals surface area contributed by atoms with Crippen molar-refractivity contribution >= 4 is 47.4 Å². The third-order valence-corrected chi connectivity index (χ3v) is 9.68. The van der Waals surface area contributed by atoms with Crippen molar-refractivity contribution < 1.29 is 19.1 Å². The van der Waals surface area contributed by atoms with Crippen LogP contribution >= 0.6 is 23.5 Å². The summed E-state index contributed by atoms with van der Waals surface area (Å²) in [5.41, 5.74) is 4.56. The zero-order valence-corrected chi connectivity index (χ0v) is 26.0. The Morgan fingerprint density at radius 1 is 0.956 bits per heavy atom. The molecule has 2 atom stereocenters. The van der Waals surface area contributed by atoms with Crippen molar-refractivity contribution in [1.82, 2.24) is 15.2 Å². The van der Waals surface area contributed by atoms with Gasteiger partial charge in [0, 0.05) is 23.9 Å². The van der Waals surface area contributed by atoms with E-state index in [-0.39, 0.29) is 23.9 Å². The van der Waals surface area contributed by atoms with Gasteiger partial charge < -0.3 is 10.1 Å². The number of hydrogen-bond acceptors (Lipinski definition) is 7. The highest BCUT2D eigenvalue weighted by Crippen LogP contribution is 2.42. The number of nitrogens with one attached hydrogen (secondary N) is 1. The number of carbonyl (C=O) groups is 3. The number of amides is 2. The van der Waals surface area contributed by atoms with Gasteiger partial charge in [-0.15, -0.1) is 23.5 Å². The van der Waals surface area contributed by atoms with Gasteiger partial charge in [0.2, 0.25) is 5.91 Å². The zero-order valence-electron chi connectivity index (χ0n) is 24.3. The van der Waals surface area contributed by atoms with Crippen LogP contribution in [0.15, 0.2) is 132 Å². The highest BCUT2D eigenvalue weighted by Gasteiger charge is 2.54. The zero-order chi connectivity index (χ0) is 31.0. The topological polar surface area (TPSA) is 88.6 Å². The maximum absolute atomic E-state index is 14.1. The molecule has 1 unspecified atom stereocenters. The third-order valence-electron chi connectivity index (χ3n) is 7.49. The average molecular weight is 634 g/mol. The number of ether oxygens (including phenoxy) is 1. The summed E-state index contributed by atoms with van der Waals surface area (Å²) in [4.78, 5) is 46.2. The van der Waals surface area contributed by atoms with E-state index in [4.69, 9.17) is 4.74 Å². The first-order chi connectivity index (χ1) is 22.1. The minimum atomic E-state index is -0.715. The highest BCUT2D eigenvalue weighted by molar-refractivity contribution is 8.02. The molecule has 0 spiro atoms. The molecule has 1 N–H and O–H groups in total. The van der Waals surface area contributed by atoms with Gasteiger partial charge in [-0.3, -0.25) is 19.5 Å². The summed E-state index contributed by atoms with van der Waals surface area (Å²) in [6.45, 7) is 0. The van der Waals surface area contributed by atoms with Crippen LogP contribution in [0, 0.1) is 0 Å². The Hall–Kier alpha value is -4.60. The first-order valence-electron chi connectivity index (χ1n) is 14.6. The van der Waals surface area contributed by atoms with Gasteiger partial charge in [-0.1, -0.05) is 97.1 Å². The van der Waals surface area contributed by atoms with Crippen LogP contribution in [0.1, 0.15) is 28.4 Å². The highest BCUT2D eigenvalue weighted by atomic mass is 32.2. The monoisotopic (exact) mass is 633 g/mol. The van der Waals surface area contributed by atoms with E-state index >= 15 is 0 Å². The van der Waals surface area contributed by atoms with Crippen LogP contribution in [0.5, 0.6) is 0 Å². The van der Waals surface area contributed by atoms with Gasteiger partial charge in [0.05, 0.1) is 6.42 Å². The maximum Gasteiger partial charge on any atom is 0.356 e. The van der Waals surface area contributed by atoms with Crippen molar-refractivity contribution in [3.63, 3.8) is 0 Å². The number of β-lactam (4-membered cyclic amide) rings is 1. The molecule has 3 aromatic carbocycles. The first kappa shape index (κ1) is 30.4. The molecule has 2 aliphatic rings. The van der Waals surface area contributed by atoms with Crippen LogP contribution in [-0.4, -0.2) is 50.6 Å². The largest absolute Gasteiger partial charge is 0.448 e. The molecule has 4 aromatic rings. The van der Waals surface area contributed by atoms with Gasteiger partial charge in [-0.25, -0.2) is 4.79 Å². The van der Waals surface area contributed by atoms with E-state index in [9.17, 15) is 14.4 Å². The molecule has 45 heavy (non-hydrogen) atoms. The van der Waals surface area contributed by atoms with Crippen LogP contribution in [-0.2, 0) is 25.5 Å². The number of carbonyl (C=O) groups excluding carboxylic acids is 3. The number of nitrogens with zero attached hydrogens (tertiary/aromatic N) is 2. The molecule has 1 fully saturated rings. The van der Waals surface area contributed by atoms with Gasteiger partial charge in [0.1, 0.15) is 17.1 Å². The van der Waals surface area contributed by atoms with Crippen molar-refractivity contribution in [1.29, 1.82) is 0 Å². The molecule has 9 heteroatoms. The lowest BCUT2D eigenvalue weighted by Gasteiger charge is -2.49. The molecule has 0 bridgehead atoms. The SMILES string of the molecule is O=C(Cc1ccccc1)NC1C(=O)N2C(C(=O)OC(c3ccccc3)c3ccccc3)=C(CS/C=C\c3cccnc3)CS[C@H]12. The van der Waals surface area contributed by atoms with Gasteiger partial charge in [0.25, 0.3) is 5.91 Å². The van der Waals surface area contributed by atoms with Crippen molar-refractivity contribution in [2.75, 3.05) is 11.5 Å². The van der Waals surface area contributed by atoms with Crippen LogP contribution in [0.4, 0.5) is 0 Å². The summed E-state index contributed by atoms with van der Waals surface area (Å²) in [7, 11) is 0. The Morgan fingerprint density at radius 2 is 1.62 bits per heavy atom. The molecular formula is C36H31N3O4S2. The van der Waals surface area contributed by atoms with E-state index in [0.717, 1.165) is 27.8 Å². The van der Waals surface area contributed by atoms with Crippen molar-refractivity contribution in [3.8, 4) is 0 Å². The Labute approximate surface area is 270 Å². The first-order valence-corrected chi connectivity index (χ1v) is 16.7. The smallest absolute Gasteiger partial charge is 0.356 e. The molecule has 2 amide bonds. The normalized spacial score (nSPS) is 17.6. The lowest BCUT2D eigenvalue weighted by atomic mass is 10.0. The number of thioether (sulfide) groups is 2. The standard InChI is InChI=1S/C36H31N3O4S2/c40-30(21-25-11-4-1-5-12-25)38-31-34(41)39-32(29(24-45-35(31)39)23-44-20-18-26-13-10-19-37-22-26)36(42)43-33(27-14-6-2-7-15-27)28-16-8-3-9-17-28/h1-20,22,31,33,35H,21,23-24H2,(H,38,40)/b20-18-/t31?,35-/m1/s1. The number of hydrogen-bond donors (Lipinski definition) is 1. The molecule has 0 saturated carbocycles. The molecule has 0 aliphatic carbocycles. The minimum absolute atomic E-state index is 0.174. The quantitative estimate of drug-likeness (QED) is 0.160. The number of pyridine rings is 1. The number of aromatic nitrogens is 1. The fraction of sp³-hybridized carbons (Fsp3) is 0.167. The molecule has 3 heterocycles. The Kier molecular flexibility index (Phi) is 9.77. The fourth-order valence-electron chi connectivity index (χ4n) is 5.29. The second-order valence-electron chi connectivity index (χ2n) is 10.6. The minimum Gasteiger partial charge on any atom is -0.448 e. The average Bonchev–Trinajstić information content (AvgIpc) is 3.09. The molecular weight excluding hydrogens is 603 g/mol. The Balaban J connectivity index is 1.24. The summed E-state index contributed by atoms with van der Waals surface area (Å²) < 4.78 is 6.24. The predicted molar refractivity (Wildman–Crippen MR) is 179 cm³/mol. The number of rotatable bonds is 11. The second-order valence-corrected chi connectivity index (χ2v) is 12.6. The maximum atomic E-state index is 14.1.